The van der Waals surface area contributed by atoms with Crippen molar-refractivity contribution in [3.05, 3.63) is 54.3 Å². The molecule has 0 spiro atoms. The van der Waals surface area contributed by atoms with Gasteiger partial charge in [0.15, 0.2) is 5.76 Å². The Morgan fingerprint density at radius 1 is 1.12 bits per heavy atom. The van der Waals surface area contributed by atoms with Crippen LogP contribution in [0.1, 0.15) is 43.0 Å². The molecule has 1 saturated heterocycles. The highest BCUT2D eigenvalue weighted by molar-refractivity contribution is 7.89. The minimum Gasteiger partial charge on any atom is -0.463 e. The number of piperidine rings is 1. The standard InChI is InChI=1S/C24H28N4O5S/c1-2-3-15-34(31,32)28-12-10-17(11-13-28)23(29)26-27-24(30)19-16-21(22-9-6-14-33-22)25-20-8-5-4-7-18(19)20/h4-9,14,16-17H,2-3,10-13,15H2,1H3,(H,26,29)(H,27,30). The van der Waals surface area contributed by atoms with Crippen molar-refractivity contribution in [1.82, 2.24) is 20.1 Å². The molecule has 1 aromatic carbocycles. The van der Waals surface area contributed by atoms with Crippen molar-refractivity contribution in [3.63, 3.8) is 0 Å². The SMILES string of the molecule is CCCCS(=O)(=O)N1CCC(C(=O)NNC(=O)c2cc(-c3ccco3)nc3ccccc23)CC1. The molecule has 0 unspecified atom stereocenters. The van der Waals surface area contributed by atoms with E-state index in [2.05, 4.69) is 15.8 Å². The molecule has 0 bridgehead atoms. The van der Waals surface area contributed by atoms with Crippen molar-refractivity contribution in [3.8, 4) is 11.5 Å². The quantitative estimate of drug-likeness (QED) is 0.497. The first kappa shape index (κ1) is 23.9. The van der Waals surface area contributed by atoms with Crippen LogP contribution in [0.15, 0.2) is 53.1 Å². The summed E-state index contributed by atoms with van der Waals surface area (Å²) in [5.74, 6) is -0.505. The van der Waals surface area contributed by atoms with E-state index in [1.807, 2.05) is 19.1 Å². The average molecular weight is 485 g/mol. The van der Waals surface area contributed by atoms with Crippen molar-refractivity contribution >= 4 is 32.7 Å². The zero-order chi connectivity index (χ0) is 24.1. The average Bonchev–Trinajstić information content (AvgIpc) is 3.40. The summed E-state index contributed by atoms with van der Waals surface area (Å²) in [6.45, 7) is 2.56. The fourth-order valence-electron chi connectivity index (χ4n) is 4.05. The van der Waals surface area contributed by atoms with Gasteiger partial charge in [-0.3, -0.25) is 20.4 Å². The zero-order valence-electron chi connectivity index (χ0n) is 19.0. The summed E-state index contributed by atoms with van der Waals surface area (Å²) in [4.78, 5) is 30.2. The van der Waals surface area contributed by atoms with Crippen LogP contribution in [0.3, 0.4) is 0 Å². The first-order valence-corrected chi connectivity index (χ1v) is 13.0. The summed E-state index contributed by atoms with van der Waals surface area (Å²) in [5, 5.41) is 0.648. The first-order valence-electron chi connectivity index (χ1n) is 11.4. The number of fused-ring (bicyclic) bond motifs is 1. The lowest BCUT2D eigenvalue weighted by Gasteiger charge is -2.30. The highest BCUT2D eigenvalue weighted by atomic mass is 32.2. The molecule has 1 fully saturated rings. The summed E-state index contributed by atoms with van der Waals surface area (Å²) in [7, 11) is -3.28. The minimum absolute atomic E-state index is 0.135. The fourth-order valence-corrected chi connectivity index (χ4v) is 5.73. The van der Waals surface area contributed by atoms with Gasteiger partial charge >= 0.3 is 0 Å². The number of para-hydroxylation sites is 1. The molecule has 9 nitrogen and oxygen atoms in total. The maximum atomic E-state index is 13.0. The number of sulfonamides is 1. The molecule has 3 heterocycles. The molecule has 0 saturated carbocycles. The third kappa shape index (κ3) is 5.28. The summed E-state index contributed by atoms with van der Waals surface area (Å²) in [6.07, 6.45) is 3.79. The highest BCUT2D eigenvalue weighted by Gasteiger charge is 2.31. The van der Waals surface area contributed by atoms with E-state index in [-0.39, 0.29) is 17.6 Å². The number of furan rings is 1. The van der Waals surface area contributed by atoms with E-state index in [0.29, 0.717) is 60.3 Å². The van der Waals surface area contributed by atoms with Crippen molar-refractivity contribution in [1.29, 1.82) is 0 Å². The van der Waals surface area contributed by atoms with E-state index in [1.54, 1.807) is 30.3 Å². The van der Waals surface area contributed by atoms with E-state index in [1.165, 1.54) is 10.6 Å². The maximum absolute atomic E-state index is 13.0. The van der Waals surface area contributed by atoms with Gasteiger partial charge in [0, 0.05) is 24.4 Å². The van der Waals surface area contributed by atoms with Gasteiger partial charge in [0.1, 0.15) is 5.69 Å². The number of rotatable bonds is 7. The van der Waals surface area contributed by atoms with Crippen LogP contribution in [0.4, 0.5) is 0 Å². The lowest BCUT2D eigenvalue weighted by molar-refractivity contribution is -0.126. The first-order chi connectivity index (χ1) is 16.4. The molecule has 0 atom stereocenters. The number of hydrogen-bond acceptors (Lipinski definition) is 6. The summed E-state index contributed by atoms with van der Waals surface area (Å²) >= 11 is 0. The Balaban J connectivity index is 1.40. The van der Waals surface area contributed by atoms with E-state index in [9.17, 15) is 18.0 Å². The lowest BCUT2D eigenvalue weighted by atomic mass is 9.97. The Labute approximate surface area is 198 Å². The van der Waals surface area contributed by atoms with Crippen molar-refractivity contribution in [2.24, 2.45) is 5.92 Å². The molecule has 0 aliphatic carbocycles. The predicted octanol–water partition coefficient (Wildman–Crippen LogP) is 3.10. The molecule has 3 aromatic rings. The topological polar surface area (TPSA) is 122 Å². The minimum atomic E-state index is -3.28. The summed E-state index contributed by atoms with van der Waals surface area (Å²) in [6, 6.07) is 12.4. The Morgan fingerprint density at radius 2 is 1.88 bits per heavy atom. The van der Waals surface area contributed by atoms with Gasteiger partial charge in [0.2, 0.25) is 15.9 Å². The summed E-state index contributed by atoms with van der Waals surface area (Å²) in [5.41, 5.74) is 6.50. The number of carbonyl (C=O) groups is 2. The third-order valence-electron chi connectivity index (χ3n) is 6.01. The Hall–Kier alpha value is -3.24. The van der Waals surface area contributed by atoms with Gasteiger partial charge in [-0.2, -0.15) is 0 Å². The largest absolute Gasteiger partial charge is 0.463 e. The Bertz CT molecular complexity index is 1270. The number of nitrogens with one attached hydrogen (secondary N) is 2. The molecule has 180 valence electrons. The van der Waals surface area contributed by atoms with Crippen LogP contribution in [0.2, 0.25) is 0 Å². The maximum Gasteiger partial charge on any atom is 0.270 e. The zero-order valence-corrected chi connectivity index (χ0v) is 19.8. The molecular weight excluding hydrogens is 456 g/mol. The predicted molar refractivity (Wildman–Crippen MR) is 128 cm³/mol. The van der Waals surface area contributed by atoms with E-state index in [0.717, 1.165) is 6.42 Å². The van der Waals surface area contributed by atoms with Crippen LogP contribution in [0.25, 0.3) is 22.4 Å². The van der Waals surface area contributed by atoms with Gasteiger partial charge in [-0.1, -0.05) is 31.5 Å². The Morgan fingerprint density at radius 3 is 2.59 bits per heavy atom. The normalized spacial score (nSPS) is 15.3. The van der Waals surface area contributed by atoms with Crippen molar-refractivity contribution in [2.75, 3.05) is 18.8 Å². The molecule has 2 aromatic heterocycles. The van der Waals surface area contributed by atoms with Gasteiger partial charge in [-0.05, 0) is 43.5 Å². The van der Waals surface area contributed by atoms with Crippen LogP contribution in [0, 0.1) is 5.92 Å². The van der Waals surface area contributed by atoms with Gasteiger partial charge in [-0.25, -0.2) is 17.7 Å². The second-order valence-electron chi connectivity index (χ2n) is 8.34. The van der Waals surface area contributed by atoms with Gasteiger partial charge in [0.25, 0.3) is 5.91 Å². The lowest BCUT2D eigenvalue weighted by Crippen LogP contribution is -2.48. The number of unbranched alkanes of at least 4 members (excludes halogenated alkanes) is 1. The van der Waals surface area contributed by atoms with Gasteiger partial charge < -0.3 is 4.42 Å². The number of hydrogen-bond donors (Lipinski definition) is 2. The van der Waals surface area contributed by atoms with Crippen LogP contribution in [-0.4, -0.2) is 48.4 Å². The number of nitrogens with zero attached hydrogens (tertiary/aromatic N) is 2. The monoisotopic (exact) mass is 484 g/mol. The van der Waals surface area contributed by atoms with E-state index < -0.39 is 15.9 Å². The Kier molecular flexibility index (Phi) is 7.28. The molecule has 2 amide bonds. The fraction of sp³-hybridized carbons (Fsp3) is 0.375. The molecule has 4 rings (SSSR count). The number of carbonyl (C=O) groups excluding carboxylic acids is 2. The van der Waals surface area contributed by atoms with Crippen LogP contribution in [-0.2, 0) is 14.8 Å². The van der Waals surface area contributed by atoms with Gasteiger partial charge in [-0.15, -0.1) is 0 Å². The second-order valence-corrected chi connectivity index (χ2v) is 10.4. The molecule has 1 aliphatic heterocycles. The van der Waals surface area contributed by atoms with E-state index >= 15 is 0 Å². The van der Waals surface area contributed by atoms with Crippen LogP contribution in [0.5, 0.6) is 0 Å². The third-order valence-corrected chi connectivity index (χ3v) is 7.96. The molecule has 34 heavy (non-hydrogen) atoms. The second kappa shape index (κ2) is 10.4. The molecule has 1 aliphatic rings. The smallest absolute Gasteiger partial charge is 0.270 e. The number of pyridine rings is 1. The van der Waals surface area contributed by atoms with E-state index in [4.69, 9.17) is 4.42 Å². The number of amides is 2. The summed E-state index contributed by atoms with van der Waals surface area (Å²) < 4.78 is 31.6. The van der Waals surface area contributed by atoms with Crippen molar-refractivity contribution < 1.29 is 22.4 Å². The number of aromatic nitrogens is 1. The molecular formula is C24H28N4O5S. The van der Waals surface area contributed by atoms with Crippen LogP contribution < -0.4 is 10.9 Å². The van der Waals surface area contributed by atoms with Crippen molar-refractivity contribution in [2.45, 2.75) is 32.6 Å². The molecule has 0 radical (unpaired) electrons. The number of benzene rings is 1. The molecule has 2 N–H and O–H groups in total. The molecule has 10 heteroatoms. The highest BCUT2D eigenvalue weighted by Crippen LogP contribution is 2.25. The van der Waals surface area contributed by atoms with Gasteiger partial charge in [0.05, 0.1) is 23.1 Å². The number of hydrazine groups is 1. The van der Waals surface area contributed by atoms with Crippen LogP contribution >= 0.6 is 0 Å².